The Kier molecular flexibility index (Phi) is 5.43. The molecule has 2 rings (SSSR count). The van der Waals surface area contributed by atoms with Crippen LogP contribution in [0.5, 0.6) is 0 Å². The van der Waals surface area contributed by atoms with Crippen LogP contribution in [-0.2, 0) is 13.9 Å². The van der Waals surface area contributed by atoms with Gasteiger partial charge in [-0.1, -0.05) is 0 Å². The van der Waals surface area contributed by atoms with E-state index >= 15 is 0 Å². The first-order valence-corrected chi connectivity index (χ1v) is 10.2. The first-order chi connectivity index (χ1) is 11.1. The second-order valence-corrected chi connectivity index (χ2v) is 9.13. The van der Waals surface area contributed by atoms with Crippen molar-refractivity contribution in [3.63, 3.8) is 0 Å². The van der Waals surface area contributed by atoms with Crippen molar-refractivity contribution in [3.8, 4) is 0 Å². The normalized spacial score (nSPS) is 14.6. The highest BCUT2D eigenvalue weighted by Crippen LogP contribution is 2.54. The molecule has 0 radical (unpaired) electrons. The van der Waals surface area contributed by atoms with E-state index in [1.807, 2.05) is 0 Å². The summed E-state index contributed by atoms with van der Waals surface area (Å²) in [6.45, 7) is -0.250. The van der Waals surface area contributed by atoms with E-state index in [0.29, 0.717) is 0 Å². The summed E-state index contributed by atoms with van der Waals surface area (Å²) in [5, 5.41) is 0. The average molecular weight is 383 g/mol. The van der Waals surface area contributed by atoms with E-state index in [-0.39, 0.29) is 30.3 Å². The van der Waals surface area contributed by atoms with Crippen LogP contribution < -0.4 is 16.1 Å². The summed E-state index contributed by atoms with van der Waals surface area (Å²) in [6.07, 6.45) is 0.466. The van der Waals surface area contributed by atoms with E-state index in [4.69, 9.17) is 25.1 Å². The van der Waals surface area contributed by atoms with Crippen LogP contribution in [-0.4, -0.2) is 59.8 Å². The lowest BCUT2D eigenvalue weighted by molar-refractivity contribution is 0.0546. The summed E-state index contributed by atoms with van der Waals surface area (Å²) < 4.78 is 28.1. The molecule has 0 bridgehead atoms. The first kappa shape index (κ1) is 18.6. The molecule has 0 aliphatic rings. The van der Waals surface area contributed by atoms with E-state index < -0.39 is 32.8 Å². The summed E-state index contributed by atoms with van der Waals surface area (Å²) in [6, 6.07) is 0. The smallest absolute Gasteiger partial charge is 0.335 e. The number of nitrogens with one attached hydrogen (secondary N) is 1. The molecule has 2 aromatic heterocycles. The molecular weight excluding hydrogens is 368 g/mol. The Bertz CT molecular complexity index is 872. The fourth-order valence-electron chi connectivity index (χ4n) is 1.73. The molecule has 0 aliphatic heterocycles. The zero-order chi connectivity index (χ0) is 18.0. The molecule has 0 fully saturated rings. The molecule has 0 spiro atoms. The summed E-state index contributed by atoms with van der Waals surface area (Å²) in [7, 11) is -8.71. The van der Waals surface area contributed by atoms with Crippen molar-refractivity contribution in [2.24, 2.45) is 0 Å². The highest BCUT2D eigenvalue weighted by atomic mass is 31.2. The fourth-order valence-corrected chi connectivity index (χ4v) is 4.78. The number of aromatic nitrogens is 4. The van der Waals surface area contributed by atoms with E-state index in [9.17, 15) is 18.8 Å². The van der Waals surface area contributed by atoms with Gasteiger partial charge >= 0.3 is 7.60 Å². The minimum Gasteiger partial charge on any atom is -0.408 e. The van der Waals surface area contributed by atoms with Crippen molar-refractivity contribution in [2.45, 2.75) is 0 Å². The number of fused-ring (bicyclic) bond motifs is 1. The maximum Gasteiger partial charge on any atom is 0.335 e. The molecule has 0 aromatic carbocycles. The molecule has 0 amide bonds. The van der Waals surface area contributed by atoms with E-state index in [1.165, 1.54) is 6.33 Å². The molecule has 0 aliphatic carbocycles. The fraction of sp³-hybridized carbons (Fsp3) is 0.444. The number of aromatic amines is 1. The Morgan fingerprint density at radius 2 is 2.00 bits per heavy atom. The van der Waals surface area contributed by atoms with Gasteiger partial charge in [0.25, 0.3) is 5.56 Å². The highest BCUT2D eigenvalue weighted by molar-refractivity contribution is 7.72. The predicted octanol–water partition coefficient (Wildman–Crippen LogP) is -1.49. The van der Waals surface area contributed by atoms with Crippen molar-refractivity contribution in [1.82, 2.24) is 19.7 Å². The van der Waals surface area contributed by atoms with Crippen LogP contribution in [0.25, 0.3) is 11.2 Å². The third-order valence-electron chi connectivity index (χ3n) is 2.55. The average Bonchev–Trinajstić information content (AvgIpc) is 2.78. The van der Waals surface area contributed by atoms with Gasteiger partial charge in [-0.25, -0.2) is 4.98 Å². The van der Waals surface area contributed by atoms with Gasteiger partial charge in [-0.3, -0.25) is 18.9 Å². The molecule has 13 nitrogen and oxygen atoms in total. The molecule has 2 aromatic rings. The summed E-state index contributed by atoms with van der Waals surface area (Å²) in [4.78, 5) is 53.4. The van der Waals surface area contributed by atoms with Gasteiger partial charge in [0, 0.05) is 0 Å². The first-order valence-electron chi connectivity index (χ1n) is 6.37. The minimum absolute atomic E-state index is 0.0200. The zero-order valence-electron chi connectivity index (χ0n) is 12.1. The minimum atomic E-state index is -4.61. The second-order valence-electron chi connectivity index (χ2n) is 4.72. The highest BCUT2D eigenvalue weighted by Gasteiger charge is 2.29. The molecule has 134 valence electrons. The third-order valence-corrected chi connectivity index (χ3v) is 6.38. The van der Waals surface area contributed by atoms with Crippen molar-refractivity contribution >= 4 is 32.1 Å². The maximum atomic E-state index is 11.6. The van der Waals surface area contributed by atoms with Crippen LogP contribution in [0.2, 0.25) is 0 Å². The monoisotopic (exact) mass is 383 g/mol. The number of H-pyrrole nitrogens is 1. The van der Waals surface area contributed by atoms with Gasteiger partial charge in [-0.05, 0) is 0 Å². The number of hydrogen-bond acceptors (Lipinski definition) is 8. The van der Waals surface area contributed by atoms with Gasteiger partial charge in [0.05, 0.1) is 6.61 Å². The molecule has 1 unspecified atom stereocenters. The SMILES string of the molecule is Nc1nc2c(ncn2OCCOCP(=O)(O)CP(=O)(O)O)c(=O)[nH]1. The lowest BCUT2D eigenvalue weighted by Crippen LogP contribution is -2.18. The molecule has 15 heteroatoms. The number of imidazole rings is 1. The van der Waals surface area contributed by atoms with Crippen LogP contribution in [0.4, 0.5) is 5.95 Å². The largest absolute Gasteiger partial charge is 0.408 e. The summed E-state index contributed by atoms with van der Waals surface area (Å²) in [5.41, 5.74) is 4.99. The van der Waals surface area contributed by atoms with E-state index in [0.717, 1.165) is 4.73 Å². The number of rotatable bonds is 8. The van der Waals surface area contributed by atoms with Crippen LogP contribution in [0, 0.1) is 0 Å². The predicted molar refractivity (Wildman–Crippen MR) is 81.6 cm³/mol. The van der Waals surface area contributed by atoms with Crippen LogP contribution in [0.1, 0.15) is 0 Å². The Morgan fingerprint density at radius 1 is 1.29 bits per heavy atom. The summed E-state index contributed by atoms with van der Waals surface area (Å²) >= 11 is 0. The van der Waals surface area contributed by atoms with Crippen molar-refractivity contribution < 1.29 is 33.4 Å². The van der Waals surface area contributed by atoms with Crippen molar-refractivity contribution in [3.05, 3.63) is 16.7 Å². The molecule has 0 saturated heterocycles. The van der Waals surface area contributed by atoms with Gasteiger partial charge in [0.2, 0.25) is 19.0 Å². The van der Waals surface area contributed by atoms with Gasteiger partial charge in [-0.2, -0.15) is 9.71 Å². The van der Waals surface area contributed by atoms with Crippen molar-refractivity contribution in [1.29, 1.82) is 0 Å². The quantitative estimate of drug-likeness (QED) is 0.262. The molecular formula is C9H15N5O8P2. The molecule has 6 N–H and O–H groups in total. The molecule has 2 heterocycles. The van der Waals surface area contributed by atoms with Crippen molar-refractivity contribution in [2.75, 3.05) is 31.2 Å². The Hall–Kier alpha value is -1.75. The van der Waals surface area contributed by atoms with Crippen LogP contribution in [0.3, 0.4) is 0 Å². The Balaban J connectivity index is 1.86. The Morgan fingerprint density at radius 3 is 2.67 bits per heavy atom. The number of nitrogens with two attached hydrogens (primary N) is 1. The van der Waals surface area contributed by atoms with E-state index in [1.54, 1.807) is 0 Å². The third kappa shape index (κ3) is 5.13. The molecule has 1 atom stereocenters. The second kappa shape index (κ2) is 7.01. The number of anilines is 1. The zero-order valence-corrected chi connectivity index (χ0v) is 13.9. The van der Waals surface area contributed by atoms with Crippen LogP contribution >= 0.6 is 15.0 Å². The van der Waals surface area contributed by atoms with Gasteiger partial charge in [-0.15, -0.1) is 0 Å². The van der Waals surface area contributed by atoms with Gasteiger partial charge in [0.15, 0.2) is 5.52 Å². The standard InChI is InChI=1S/C9H15N5O8P2/c10-9-12-7-6(8(15)13-9)11-3-14(7)22-2-1-21-4-23(16,17)5-24(18,19)20/h3H,1-2,4-5H2,(H,16,17)(H2,18,19,20)(H3,10,12,13,15). The van der Waals surface area contributed by atoms with E-state index in [2.05, 4.69) is 15.0 Å². The maximum absolute atomic E-state index is 11.6. The summed E-state index contributed by atoms with van der Waals surface area (Å²) in [5.74, 6) is -1.27. The van der Waals surface area contributed by atoms with Gasteiger partial charge < -0.3 is 30.0 Å². The number of nitrogens with zero attached hydrogens (tertiary/aromatic N) is 3. The molecule has 0 saturated carbocycles. The van der Waals surface area contributed by atoms with Gasteiger partial charge in [0.1, 0.15) is 25.2 Å². The Labute approximate surface area is 134 Å². The number of ether oxygens (including phenoxy) is 1. The molecule has 24 heavy (non-hydrogen) atoms. The topological polar surface area (TPSA) is 203 Å². The number of hydrogen-bond donors (Lipinski definition) is 5. The lowest BCUT2D eigenvalue weighted by atomic mass is 10.5. The number of nitrogen functional groups attached to an aromatic ring is 1. The lowest BCUT2D eigenvalue weighted by Gasteiger charge is -2.13. The van der Waals surface area contributed by atoms with Crippen LogP contribution in [0.15, 0.2) is 11.1 Å².